The lowest BCUT2D eigenvalue weighted by Crippen LogP contribution is -2.46. The Balaban J connectivity index is 0.953. The van der Waals surface area contributed by atoms with Gasteiger partial charge in [0.05, 0.1) is 24.3 Å². The van der Waals surface area contributed by atoms with Gasteiger partial charge in [0.1, 0.15) is 13.2 Å². The molecule has 3 aromatic carbocycles. The summed E-state index contributed by atoms with van der Waals surface area (Å²) >= 11 is 0. The summed E-state index contributed by atoms with van der Waals surface area (Å²) < 4.78 is 11.0. The van der Waals surface area contributed by atoms with Crippen molar-refractivity contribution in [2.24, 2.45) is 5.92 Å². The molecule has 12 nitrogen and oxygen atoms in total. The van der Waals surface area contributed by atoms with Gasteiger partial charge >= 0.3 is 0 Å². The van der Waals surface area contributed by atoms with Crippen LogP contribution in [0.3, 0.4) is 0 Å². The number of nitrogens with zero attached hydrogens (tertiary/aromatic N) is 2. The molecule has 0 atom stereocenters. The minimum absolute atomic E-state index is 0.0811. The molecule has 0 spiro atoms. The maximum atomic E-state index is 13.0. The zero-order valence-corrected chi connectivity index (χ0v) is 28.1. The molecule has 12 heteroatoms. The van der Waals surface area contributed by atoms with Crippen molar-refractivity contribution in [1.82, 2.24) is 31.0 Å². The minimum atomic E-state index is -0.410. The molecule has 0 unspecified atom stereocenters. The summed E-state index contributed by atoms with van der Waals surface area (Å²) in [5.74, 6) is 0.114. The number of carbonyl (C=O) groups excluding carboxylic acids is 4. The van der Waals surface area contributed by atoms with E-state index in [4.69, 9.17) is 9.47 Å². The summed E-state index contributed by atoms with van der Waals surface area (Å²) in [6.07, 6.45) is 3.41. The number of unbranched alkanes of at least 4 members (excludes halogenated alkanes) is 3. The van der Waals surface area contributed by atoms with Crippen molar-refractivity contribution in [1.29, 1.82) is 0 Å². The number of ether oxygens (including phenoxy) is 2. The van der Waals surface area contributed by atoms with Gasteiger partial charge in [-0.15, -0.1) is 0 Å². The highest BCUT2D eigenvalue weighted by Gasteiger charge is 2.20. The largest absolute Gasteiger partial charge is 0.486 e. The molecule has 0 radical (unpaired) electrons. The van der Waals surface area contributed by atoms with Crippen molar-refractivity contribution in [2.75, 3.05) is 45.9 Å². The number of aromatic nitrogens is 2. The van der Waals surface area contributed by atoms with Gasteiger partial charge in [0.15, 0.2) is 11.5 Å². The maximum Gasteiger partial charge on any atom is 0.251 e. The van der Waals surface area contributed by atoms with E-state index in [1.165, 1.54) is 4.90 Å². The van der Waals surface area contributed by atoms with E-state index < -0.39 is 5.91 Å². The number of rotatable bonds is 16. The fraction of sp³-hybridized carbons (Fsp3) is 0.378. The molecule has 2 heterocycles. The number of benzene rings is 3. The number of aromatic amines is 1. The van der Waals surface area contributed by atoms with Crippen LogP contribution in [-0.4, -0.2) is 84.7 Å². The van der Waals surface area contributed by atoms with Gasteiger partial charge in [-0.05, 0) is 55.2 Å². The number of hydrogen-bond acceptors (Lipinski definition) is 7. The van der Waals surface area contributed by atoms with E-state index in [0.717, 1.165) is 47.8 Å². The van der Waals surface area contributed by atoms with Crippen molar-refractivity contribution < 1.29 is 28.7 Å². The third-order valence-electron chi connectivity index (χ3n) is 8.08. The standard InChI is InChI=1S/C37H44N6O6/c1-25(2)23-43(34(45)22-40-37(47)28-15-16-31-32(21-28)49-20-19-48-31)24-33(44)38-17-7-3-4-8-18-39-36(46)27-13-11-26(12-14-27)35-29-9-5-6-10-30(29)41-42-35/h5-6,9-16,21,25H,3-4,7-8,17-20,22-24H2,1-2H3,(H,38,44)(H,39,46)(H,40,47)(H,41,42). The van der Waals surface area contributed by atoms with Crippen molar-refractivity contribution in [3.8, 4) is 22.8 Å². The average molecular weight is 669 g/mol. The van der Waals surface area contributed by atoms with Crippen LogP contribution in [0.25, 0.3) is 22.2 Å². The molecule has 49 heavy (non-hydrogen) atoms. The molecule has 4 N–H and O–H groups in total. The molecule has 1 aliphatic rings. The second-order valence-electron chi connectivity index (χ2n) is 12.4. The van der Waals surface area contributed by atoms with Crippen molar-refractivity contribution in [2.45, 2.75) is 39.5 Å². The van der Waals surface area contributed by atoms with Crippen LogP contribution in [0.4, 0.5) is 0 Å². The van der Waals surface area contributed by atoms with Crippen LogP contribution in [0.1, 0.15) is 60.2 Å². The molecule has 0 saturated carbocycles. The van der Waals surface area contributed by atoms with E-state index in [9.17, 15) is 19.2 Å². The monoisotopic (exact) mass is 668 g/mol. The minimum Gasteiger partial charge on any atom is -0.486 e. The third-order valence-corrected chi connectivity index (χ3v) is 8.08. The number of carbonyl (C=O) groups is 4. The van der Waals surface area contributed by atoms with Crippen molar-refractivity contribution in [3.05, 3.63) is 77.9 Å². The molecule has 1 aromatic heterocycles. The Bertz CT molecular complexity index is 1750. The van der Waals surface area contributed by atoms with Crippen molar-refractivity contribution >= 4 is 34.5 Å². The summed E-state index contributed by atoms with van der Waals surface area (Å²) in [4.78, 5) is 52.4. The quantitative estimate of drug-likeness (QED) is 0.130. The van der Waals surface area contributed by atoms with Gasteiger partial charge in [-0.25, -0.2) is 0 Å². The first-order valence-corrected chi connectivity index (χ1v) is 16.8. The van der Waals surface area contributed by atoms with Gasteiger partial charge in [0, 0.05) is 41.7 Å². The summed E-state index contributed by atoms with van der Waals surface area (Å²) in [5, 5.41) is 17.0. The number of nitrogens with one attached hydrogen (secondary N) is 4. The Morgan fingerprint density at radius 1 is 0.796 bits per heavy atom. The Hall–Kier alpha value is -5.39. The molecule has 4 aromatic rings. The van der Waals surface area contributed by atoms with E-state index in [2.05, 4.69) is 26.1 Å². The molecule has 0 saturated heterocycles. The summed E-state index contributed by atoms with van der Waals surface area (Å²) in [7, 11) is 0. The van der Waals surface area contributed by atoms with Crippen LogP contribution in [0.15, 0.2) is 66.7 Å². The molecule has 4 amide bonds. The van der Waals surface area contributed by atoms with E-state index in [0.29, 0.717) is 55.5 Å². The number of amides is 4. The highest BCUT2D eigenvalue weighted by atomic mass is 16.6. The van der Waals surface area contributed by atoms with Gasteiger partial charge in [0.2, 0.25) is 11.8 Å². The second-order valence-corrected chi connectivity index (χ2v) is 12.4. The molecule has 5 rings (SSSR count). The van der Waals surface area contributed by atoms with E-state index >= 15 is 0 Å². The first kappa shape index (κ1) is 34.9. The van der Waals surface area contributed by atoms with Crippen LogP contribution in [0, 0.1) is 5.92 Å². The SMILES string of the molecule is CC(C)CN(CC(=O)NCCCCCCNC(=O)c1ccc(-c2n[nH]c3ccccc23)cc1)C(=O)CNC(=O)c1ccc2c(c1)OCCO2. The van der Waals surface area contributed by atoms with Gasteiger partial charge in [-0.2, -0.15) is 5.10 Å². The summed E-state index contributed by atoms with van der Waals surface area (Å²) in [6, 6.07) is 20.2. The maximum absolute atomic E-state index is 13.0. The van der Waals surface area contributed by atoms with E-state index in [1.54, 1.807) is 18.2 Å². The highest BCUT2D eigenvalue weighted by molar-refractivity contribution is 5.98. The first-order chi connectivity index (χ1) is 23.8. The Morgan fingerprint density at radius 3 is 2.22 bits per heavy atom. The average Bonchev–Trinajstić information content (AvgIpc) is 3.55. The molecule has 258 valence electrons. The Labute approximate surface area is 285 Å². The first-order valence-electron chi connectivity index (χ1n) is 16.8. The second kappa shape index (κ2) is 17.1. The lowest BCUT2D eigenvalue weighted by molar-refractivity contribution is -0.135. The highest BCUT2D eigenvalue weighted by Crippen LogP contribution is 2.30. The van der Waals surface area contributed by atoms with Crippen LogP contribution < -0.4 is 25.4 Å². The lowest BCUT2D eigenvalue weighted by atomic mass is 10.1. The van der Waals surface area contributed by atoms with Crippen molar-refractivity contribution in [3.63, 3.8) is 0 Å². The van der Waals surface area contributed by atoms with Crippen LogP contribution >= 0.6 is 0 Å². The molecule has 0 bridgehead atoms. The molecule has 1 aliphatic heterocycles. The third kappa shape index (κ3) is 9.82. The van der Waals surface area contributed by atoms with Gasteiger partial charge in [-0.1, -0.05) is 57.0 Å². The summed E-state index contributed by atoms with van der Waals surface area (Å²) in [5.41, 5.74) is 3.72. The van der Waals surface area contributed by atoms with E-state index in [1.807, 2.05) is 62.4 Å². The van der Waals surface area contributed by atoms with Crippen LogP contribution in [-0.2, 0) is 9.59 Å². The predicted octanol–water partition coefficient (Wildman–Crippen LogP) is 4.32. The molecule has 0 fully saturated rings. The normalized spacial score (nSPS) is 12.1. The van der Waals surface area contributed by atoms with Gasteiger partial charge in [-0.3, -0.25) is 24.3 Å². The number of H-pyrrole nitrogens is 1. The van der Waals surface area contributed by atoms with Crippen LogP contribution in [0.5, 0.6) is 11.5 Å². The number of hydrogen-bond donors (Lipinski definition) is 4. The van der Waals surface area contributed by atoms with Crippen LogP contribution in [0.2, 0.25) is 0 Å². The predicted molar refractivity (Wildman–Crippen MR) is 187 cm³/mol. The number of fused-ring (bicyclic) bond motifs is 2. The fourth-order valence-corrected chi connectivity index (χ4v) is 5.58. The zero-order valence-electron chi connectivity index (χ0n) is 28.1. The van der Waals surface area contributed by atoms with Gasteiger partial charge in [0.25, 0.3) is 11.8 Å². The lowest BCUT2D eigenvalue weighted by Gasteiger charge is -2.24. The smallest absolute Gasteiger partial charge is 0.251 e. The summed E-state index contributed by atoms with van der Waals surface area (Å²) in [6.45, 7) is 5.94. The molecular weight excluding hydrogens is 624 g/mol. The van der Waals surface area contributed by atoms with E-state index in [-0.39, 0.29) is 36.7 Å². The topological polar surface area (TPSA) is 155 Å². The molecule has 0 aliphatic carbocycles. The number of para-hydroxylation sites is 1. The zero-order chi connectivity index (χ0) is 34.6. The Kier molecular flexibility index (Phi) is 12.2. The molecular formula is C37H44N6O6. The fourth-order valence-electron chi connectivity index (χ4n) is 5.58. The Morgan fingerprint density at radius 2 is 1.47 bits per heavy atom. The van der Waals surface area contributed by atoms with Gasteiger partial charge < -0.3 is 30.3 Å².